The van der Waals surface area contributed by atoms with E-state index in [1.165, 1.54) is 48.4 Å². The fourth-order valence-corrected chi connectivity index (χ4v) is 2.45. The molecule has 0 amide bonds. The van der Waals surface area contributed by atoms with Gasteiger partial charge in [-0.05, 0) is 48.4 Å². The van der Waals surface area contributed by atoms with Crippen LogP contribution in [0.15, 0.2) is 54.6 Å². The van der Waals surface area contributed by atoms with E-state index in [0.29, 0.717) is 0 Å². The lowest BCUT2D eigenvalue weighted by atomic mass is 10.0. The number of allylic oxidation sites excluding steroid dienone is 2. The van der Waals surface area contributed by atoms with Crippen molar-refractivity contribution in [1.29, 1.82) is 0 Å². The van der Waals surface area contributed by atoms with Gasteiger partial charge in [0.25, 0.3) is 0 Å². The highest BCUT2D eigenvalue weighted by molar-refractivity contribution is 5.82. The molecule has 100 valence electrons. The molecule has 0 N–H and O–H groups in total. The topological polar surface area (TPSA) is 0 Å². The maximum atomic E-state index is 2.34. The molecule has 0 unspecified atom stereocenters. The standard InChI is InChI=1S/C19H24/c1-2-3-4-5-6-7-8-11-17-14-15-18-12-9-10-13-19(18)16-17/h3-4,9-10,12-16H,2,5-8,11H2,1H3/b4-3+. The van der Waals surface area contributed by atoms with Crippen LogP contribution in [0.3, 0.4) is 0 Å². The Kier molecular flexibility index (Phi) is 5.68. The van der Waals surface area contributed by atoms with Gasteiger partial charge < -0.3 is 0 Å². The molecule has 0 radical (unpaired) electrons. The van der Waals surface area contributed by atoms with E-state index in [-0.39, 0.29) is 0 Å². The van der Waals surface area contributed by atoms with Crippen molar-refractivity contribution in [3.05, 3.63) is 60.2 Å². The van der Waals surface area contributed by atoms with Crippen molar-refractivity contribution in [2.24, 2.45) is 0 Å². The fourth-order valence-electron chi connectivity index (χ4n) is 2.45. The van der Waals surface area contributed by atoms with Crippen LogP contribution in [0.1, 0.15) is 44.6 Å². The van der Waals surface area contributed by atoms with Gasteiger partial charge in [0.15, 0.2) is 0 Å². The zero-order valence-corrected chi connectivity index (χ0v) is 11.9. The molecule has 2 aromatic rings. The van der Waals surface area contributed by atoms with Gasteiger partial charge in [0.1, 0.15) is 0 Å². The van der Waals surface area contributed by atoms with Gasteiger partial charge in [-0.3, -0.25) is 0 Å². The van der Waals surface area contributed by atoms with Crippen LogP contribution in [-0.2, 0) is 6.42 Å². The van der Waals surface area contributed by atoms with Crippen molar-refractivity contribution >= 4 is 10.8 Å². The first-order valence-electron chi connectivity index (χ1n) is 7.53. The van der Waals surface area contributed by atoms with Crippen LogP contribution in [-0.4, -0.2) is 0 Å². The van der Waals surface area contributed by atoms with Crippen molar-refractivity contribution in [2.45, 2.75) is 45.4 Å². The summed E-state index contributed by atoms with van der Waals surface area (Å²) in [5.41, 5.74) is 1.47. The van der Waals surface area contributed by atoms with Gasteiger partial charge in [-0.15, -0.1) is 0 Å². The molecule has 0 atom stereocenters. The number of fused-ring (bicyclic) bond motifs is 1. The molecule has 0 saturated heterocycles. The SMILES string of the molecule is CC/C=C/CCCCCc1ccc2ccccc2c1. The Bertz CT molecular complexity index is 522. The molecule has 0 aliphatic heterocycles. The monoisotopic (exact) mass is 252 g/mol. The summed E-state index contributed by atoms with van der Waals surface area (Å²) in [6.07, 6.45) is 12.2. The van der Waals surface area contributed by atoms with Gasteiger partial charge in [0, 0.05) is 0 Å². The summed E-state index contributed by atoms with van der Waals surface area (Å²) >= 11 is 0. The van der Waals surface area contributed by atoms with E-state index in [9.17, 15) is 0 Å². The third-order valence-electron chi connectivity index (χ3n) is 3.55. The number of benzene rings is 2. The Morgan fingerprint density at radius 1 is 0.842 bits per heavy atom. The van der Waals surface area contributed by atoms with E-state index in [2.05, 4.69) is 61.5 Å². The van der Waals surface area contributed by atoms with Crippen LogP contribution in [0.25, 0.3) is 10.8 Å². The quantitative estimate of drug-likeness (QED) is 0.424. The third kappa shape index (κ3) is 4.55. The maximum absolute atomic E-state index is 2.34. The van der Waals surface area contributed by atoms with Crippen molar-refractivity contribution in [3.8, 4) is 0 Å². The van der Waals surface area contributed by atoms with Crippen LogP contribution in [0.5, 0.6) is 0 Å². The molecule has 0 fully saturated rings. The summed E-state index contributed by atoms with van der Waals surface area (Å²) in [5, 5.41) is 2.71. The van der Waals surface area contributed by atoms with E-state index in [1.54, 1.807) is 0 Å². The first kappa shape index (κ1) is 13.9. The molecule has 0 saturated carbocycles. The Hall–Kier alpha value is -1.56. The summed E-state index contributed by atoms with van der Waals surface area (Å²) in [6.45, 7) is 2.19. The predicted molar refractivity (Wildman–Crippen MR) is 85.6 cm³/mol. The summed E-state index contributed by atoms with van der Waals surface area (Å²) in [7, 11) is 0. The lowest BCUT2D eigenvalue weighted by Gasteiger charge is -2.03. The molecule has 0 aliphatic carbocycles. The molecule has 0 heteroatoms. The van der Waals surface area contributed by atoms with Crippen molar-refractivity contribution in [1.82, 2.24) is 0 Å². The highest BCUT2D eigenvalue weighted by Crippen LogP contribution is 2.17. The molecule has 0 heterocycles. The molecule has 0 bridgehead atoms. The smallest absolute Gasteiger partial charge is 0.0181 e. The Labute approximate surface area is 117 Å². The lowest BCUT2D eigenvalue weighted by molar-refractivity contribution is 0.686. The molecule has 0 nitrogen and oxygen atoms in total. The summed E-state index contributed by atoms with van der Waals surface area (Å²) in [6, 6.07) is 15.5. The van der Waals surface area contributed by atoms with Crippen LogP contribution < -0.4 is 0 Å². The van der Waals surface area contributed by atoms with E-state index in [4.69, 9.17) is 0 Å². The summed E-state index contributed by atoms with van der Waals surface area (Å²) < 4.78 is 0. The predicted octanol–water partition coefficient (Wildman–Crippen LogP) is 5.91. The average Bonchev–Trinajstić information content (AvgIpc) is 2.46. The number of hydrogen-bond acceptors (Lipinski definition) is 0. The van der Waals surface area contributed by atoms with E-state index >= 15 is 0 Å². The first-order valence-corrected chi connectivity index (χ1v) is 7.53. The van der Waals surface area contributed by atoms with Crippen molar-refractivity contribution in [2.75, 3.05) is 0 Å². The maximum Gasteiger partial charge on any atom is -0.0181 e. The van der Waals surface area contributed by atoms with Crippen molar-refractivity contribution in [3.63, 3.8) is 0 Å². The Morgan fingerprint density at radius 2 is 1.68 bits per heavy atom. The molecule has 0 spiro atoms. The Balaban J connectivity index is 1.77. The van der Waals surface area contributed by atoms with Gasteiger partial charge in [-0.2, -0.15) is 0 Å². The molecular formula is C19H24. The minimum Gasteiger partial charge on any atom is -0.0888 e. The van der Waals surface area contributed by atoms with Gasteiger partial charge in [-0.25, -0.2) is 0 Å². The molecule has 2 rings (SSSR count). The van der Waals surface area contributed by atoms with E-state index < -0.39 is 0 Å². The lowest BCUT2D eigenvalue weighted by Crippen LogP contribution is -1.86. The third-order valence-corrected chi connectivity index (χ3v) is 3.55. The zero-order chi connectivity index (χ0) is 13.3. The van der Waals surface area contributed by atoms with Gasteiger partial charge in [0.05, 0.1) is 0 Å². The number of unbranched alkanes of at least 4 members (excludes halogenated alkanes) is 3. The van der Waals surface area contributed by atoms with Crippen LogP contribution in [0.4, 0.5) is 0 Å². The normalized spacial score (nSPS) is 11.4. The van der Waals surface area contributed by atoms with Crippen LogP contribution >= 0.6 is 0 Å². The molecule has 19 heavy (non-hydrogen) atoms. The highest BCUT2D eigenvalue weighted by Gasteiger charge is 1.96. The second kappa shape index (κ2) is 7.78. The van der Waals surface area contributed by atoms with Gasteiger partial charge in [0.2, 0.25) is 0 Å². The molecule has 0 aliphatic rings. The van der Waals surface area contributed by atoms with Gasteiger partial charge in [-0.1, -0.05) is 68.0 Å². The van der Waals surface area contributed by atoms with Crippen LogP contribution in [0.2, 0.25) is 0 Å². The molecular weight excluding hydrogens is 228 g/mol. The average molecular weight is 252 g/mol. The number of rotatable bonds is 7. The van der Waals surface area contributed by atoms with E-state index in [0.717, 1.165) is 6.42 Å². The van der Waals surface area contributed by atoms with Crippen molar-refractivity contribution < 1.29 is 0 Å². The second-order valence-electron chi connectivity index (χ2n) is 5.16. The first-order chi connectivity index (χ1) is 9.40. The number of hydrogen-bond donors (Lipinski definition) is 0. The summed E-state index contributed by atoms with van der Waals surface area (Å²) in [5.74, 6) is 0. The molecule has 2 aromatic carbocycles. The number of aryl methyl sites for hydroxylation is 1. The fraction of sp³-hybridized carbons (Fsp3) is 0.368. The summed E-state index contributed by atoms with van der Waals surface area (Å²) in [4.78, 5) is 0. The minimum atomic E-state index is 1.16. The largest absolute Gasteiger partial charge is 0.0888 e. The van der Waals surface area contributed by atoms with Crippen LogP contribution in [0, 0.1) is 0 Å². The molecule has 0 aromatic heterocycles. The highest BCUT2D eigenvalue weighted by atomic mass is 14.0. The second-order valence-corrected chi connectivity index (χ2v) is 5.16. The zero-order valence-electron chi connectivity index (χ0n) is 11.9. The van der Waals surface area contributed by atoms with E-state index in [1.807, 2.05) is 0 Å². The van der Waals surface area contributed by atoms with Gasteiger partial charge >= 0.3 is 0 Å². The minimum absolute atomic E-state index is 1.16. The Morgan fingerprint density at radius 3 is 2.53 bits per heavy atom.